The molecule has 1 aliphatic heterocycles. The van der Waals surface area contributed by atoms with Gasteiger partial charge in [-0.3, -0.25) is 9.35 Å². The van der Waals surface area contributed by atoms with E-state index >= 15 is 0 Å². The number of carbonyl (C=O) groups excluding carboxylic acids is 3. The summed E-state index contributed by atoms with van der Waals surface area (Å²) in [4.78, 5) is 32.1. The molecule has 1 heterocycles. The number of esters is 2. The molecule has 4 rings (SSSR count). The van der Waals surface area contributed by atoms with Crippen molar-refractivity contribution in [3.63, 3.8) is 0 Å². The first-order chi connectivity index (χ1) is 26.0. The Morgan fingerprint density at radius 1 is 0.845 bits per heavy atom. The standard InChI is InChI=1S/C13H9ClF4O3.C7H4ClFO2.C6H4ClFO.C6H7F3O2.CH4O3S.CH4/c1-2-20-12(19)7-3-6-4-8(14)9(15)5-10(6)21-11(7)13(16,17)18;8-5-1-4(3-10)7(11)2-6(5)9;7-5-2-1-4(9)3-6(5)8;1-2-11-5(10)3-4-6(7,8)9;1-5(2,3)4;/h3-5,11H,2H2,1H3;1-3,11H;1-3,9H;3-4H,2H2,1H3;1H3,(H,2,3,4);1H4/b;;;4-3+;;. The van der Waals surface area contributed by atoms with E-state index in [1.807, 2.05) is 0 Å². The van der Waals surface area contributed by atoms with Gasteiger partial charge in [0.2, 0.25) is 6.10 Å². The monoisotopic (exact) mass is 924 g/mol. The third-order valence-electron chi connectivity index (χ3n) is 5.49. The van der Waals surface area contributed by atoms with E-state index in [1.54, 1.807) is 0 Å². The Hall–Kier alpha value is -4.70. The van der Waals surface area contributed by atoms with E-state index in [2.05, 4.69) is 9.47 Å². The smallest absolute Gasteiger partial charge is 0.430 e. The molecule has 0 aromatic heterocycles. The Labute approximate surface area is 339 Å². The van der Waals surface area contributed by atoms with Crippen molar-refractivity contribution in [2.24, 2.45) is 0 Å². The summed E-state index contributed by atoms with van der Waals surface area (Å²) >= 11 is 16.2. The Morgan fingerprint density at radius 3 is 1.79 bits per heavy atom. The first kappa shape index (κ1) is 55.4. The largest absolute Gasteiger partial charge is 0.508 e. The van der Waals surface area contributed by atoms with Gasteiger partial charge in [-0.15, -0.1) is 0 Å². The molecule has 324 valence electrons. The zero-order chi connectivity index (χ0) is 44.5. The molecule has 0 spiro atoms. The Bertz CT molecular complexity index is 2020. The topological polar surface area (TPSA) is 174 Å². The summed E-state index contributed by atoms with van der Waals surface area (Å²) in [7, 11) is -3.67. The molecule has 1 unspecified atom stereocenters. The second-order valence-electron chi connectivity index (χ2n) is 10.1. The van der Waals surface area contributed by atoms with E-state index in [-0.39, 0.29) is 64.4 Å². The number of allylic oxidation sites excluding steroid dienone is 1. The van der Waals surface area contributed by atoms with Crippen LogP contribution in [0.1, 0.15) is 37.2 Å². The minimum absolute atomic E-state index is 0. The molecule has 3 N–H and O–H groups in total. The van der Waals surface area contributed by atoms with Gasteiger partial charge in [0.25, 0.3) is 10.1 Å². The number of hydrogen-bond donors (Lipinski definition) is 3. The highest BCUT2D eigenvalue weighted by atomic mass is 35.5. The quantitative estimate of drug-likeness (QED) is 0.0731. The fourth-order valence-electron chi connectivity index (χ4n) is 3.30. The maximum Gasteiger partial charge on any atom is 0.430 e. The first-order valence-corrected chi connectivity index (χ1v) is 17.8. The number of aldehydes is 1. The average Bonchev–Trinajstić information content (AvgIpc) is 3.07. The lowest BCUT2D eigenvalue weighted by atomic mass is 10.0. The number of halogens is 12. The van der Waals surface area contributed by atoms with E-state index in [9.17, 15) is 62.3 Å². The third kappa shape index (κ3) is 22.3. The van der Waals surface area contributed by atoms with Crippen molar-refractivity contribution in [1.82, 2.24) is 0 Å². The molecule has 0 aliphatic carbocycles. The number of aromatic hydroxyl groups is 2. The molecule has 24 heteroatoms. The lowest BCUT2D eigenvalue weighted by Gasteiger charge is -2.27. The number of benzene rings is 3. The summed E-state index contributed by atoms with van der Waals surface area (Å²) in [6, 6.07) is 7.28. The van der Waals surface area contributed by atoms with Crippen molar-refractivity contribution in [3.05, 3.63) is 104 Å². The molecule has 0 radical (unpaired) electrons. The Balaban J connectivity index is 0. The van der Waals surface area contributed by atoms with Gasteiger partial charge in [0.1, 0.15) is 34.7 Å². The van der Waals surface area contributed by atoms with Crippen molar-refractivity contribution in [3.8, 4) is 17.2 Å². The van der Waals surface area contributed by atoms with Crippen LogP contribution < -0.4 is 4.74 Å². The summed E-state index contributed by atoms with van der Waals surface area (Å²) in [6.45, 7) is 2.96. The molecular formula is C34H32Cl3F9O11S. The lowest BCUT2D eigenvalue weighted by molar-refractivity contribution is -0.187. The van der Waals surface area contributed by atoms with Gasteiger partial charge in [-0.1, -0.05) is 42.2 Å². The van der Waals surface area contributed by atoms with Gasteiger partial charge in [0, 0.05) is 35.9 Å². The maximum absolute atomic E-state index is 13.3. The predicted octanol–water partition coefficient (Wildman–Crippen LogP) is 9.74. The number of alkyl halides is 6. The SMILES string of the molecule is C.CCOC(=O)/C=C/C(F)(F)F.CCOC(=O)C1=Cc2cc(Cl)c(F)cc2OC1C(F)(F)F.CS(=O)(=O)O.O=Cc1cc(Cl)c(F)cc1O.Oc1ccc(Cl)c(F)c1. The summed E-state index contributed by atoms with van der Waals surface area (Å²) < 4.78 is 150. The zero-order valence-corrected chi connectivity index (χ0v) is 32.0. The van der Waals surface area contributed by atoms with Gasteiger partial charge in [0.05, 0.1) is 45.7 Å². The molecule has 0 saturated carbocycles. The van der Waals surface area contributed by atoms with Crippen molar-refractivity contribution < 1.29 is 91.3 Å². The first-order valence-electron chi connectivity index (χ1n) is 14.8. The molecule has 0 saturated heterocycles. The number of fused-ring (bicyclic) bond motifs is 1. The molecule has 3 aromatic carbocycles. The second-order valence-corrected chi connectivity index (χ2v) is 12.8. The lowest BCUT2D eigenvalue weighted by Crippen LogP contribution is -2.40. The van der Waals surface area contributed by atoms with E-state index in [4.69, 9.17) is 54.3 Å². The van der Waals surface area contributed by atoms with Crippen LogP contribution in [0.2, 0.25) is 15.1 Å². The van der Waals surface area contributed by atoms with Crippen LogP contribution in [0.25, 0.3) is 6.08 Å². The van der Waals surface area contributed by atoms with Gasteiger partial charge in [0.15, 0.2) is 6.29 Å². The fourth-order valence-corrected chi connectivity index (χ4v) is 3.76. The summed E-state index contributed by atoms with van der Waals surface area (Å²) in [5.74, 6) is -5.24. The summed E-state index contributed by atoms with van der Waals surface area (Å²) in [6.07, 6.45) is -9.55. The fraction of sp³-hybridized carbons (Fsp3) is 0.265. The van der Waals surface area contributed by atoms with Crippen LogP contribution in [0.4, 0.5) is 39.5 Å². The molecule has 11 nitrogen and oxygen atoms in total. The predicted molar refractivity (Wildman–Crippen MR) is 194 cm³/mol. The van der Waals surface area contributed by atoms with Crippen LogP contribution in [0.5, 0.6) is 17.2 Å². The van der Waals surface area contributed by atoms with Crippen LogP contribution in [0.15, 0.2) is 60.2 Å². The number of rotatable bonds is 5. The van der Waals surface area contributed by atoms with Gasteiger partial charge >= 0.3 is 24.3 Å². The van der Waals surface area contributed by atoms with Crippen molar-refractivity contribution in [2.75, 3.05) is 19.5 Å². The van der Waals surface area contributed by atoms with Gasteiger partial charge in [-0.25, -0.2) is 22.8 Å². The molecule has 0 bridgehead atoms. The molecular weight excluding hydrogens is 894 g/mol. The highest BCUT2D eigenvalue weighted by Crippen LogP contribution is 2.39. The number of ether oxygens (including phenoxy) is 3. The van der Waals surface area contributed by atoms with Crippen LogP contribution >= 0.6 is 34.8 Å². The maximum atomic E-state index is 13.3. The Morgan fingerprint density at radius 2 is 1.34 bits per heavy atom. The van der Waals surface area contributed by atoms with Crippen molar-refractivity contribution in [2.45, 2.75) is 39.7 Å². The van der Waals surface area contributed by atoms with Gasteiger partial charge < -0.3 is 24.4 Å². The van der Waals surface area contributed by atoms with E-state index in [0.717, 1.165) is 36.4 Å². The average molecular weight is 926 g/mol. The van der Waals surface area contributed by atoms with Crippen LogP contribution in [-0.4, -0.2) is 79.3 Å². The zero-order valence-electron chi connectivity index (χ0n) is 28.9. The van der Waals surface area contributed by atoms with Crippen molar-refractivity contribution >= 4 is 69.2 Å². The van der Waals surface area contributed by atoms with E-state index in [0.29, 0.717) is 18.6 Å². The van der Waals surface area contributed by atoms with E-state index < -0.39 is 69.3 Å². The number of phenolic OH excluding ortho intramolecular Hbond substituents is 2. The molecule has 3 aromatic rings. The van der Waals surface area contributed by atoms with Crippen LogP contribution in [0, 0.1) is 17.5 Å². The molecule has 1 aliphatic rings. The van der Waals surface area contributed by atoms with Gasteiger partial charge in [-0.05, 0) is 44.2 Å². The third-order valence-corrected chi connectivity index (χ3v) is 6.38. The molecule has 1 atom stereocenters. The van der Waals surface area contributed by atoms with Crippen LogP contribution in [0.3, 0.4) is 0 Å². The minimum Gasteiger partial charge on any atom is -0.508 e. The van der Waals surface area contributed by atoms with E-state index in [1.165, 1.54) is 26.0 Å². The molecule has 0 amide bonds. The number of hydrogen-bond acceptors (Lipinski definition) is 10. The Kier molecular flexibility index (Phi) is 23.8. The summed E-state index contributed by atoms with van der Waals surface area (Å²) in [5.41, 5.74) is -0.652. The molecule has 0 fully saturated rings. The van der Waals surface area contributed by atoms with Crippen molar-refractivity contribution in [1.29, 1.82) is 0 Å². The number of phenols is 2. The highest BCUT2D eigenvalue weighted by molar-refractivity contribution is 7.85. The minimum atomic E-state index is -4.84. The molecule has 58 heavy (non-hydrogen) atoms. The second kappa shape index (κ2) is 24.9. The normalized spacial score (nSPS) is 13.0. The number of carbonyl (C=O) groups is 3. The van der Waals surface area contributed by atoms with Crippen LogP contribution in [-0.2, 0) is 29.2 Å². The summed E-state index contributed by atoms with van der Waals surface area (Å²) in [5, 5.41) is 17.1. The van der Waals surface area contributed by atoms with Gasteiger partial charge in [-0.2, -0.15) is 34.8 Å². The highest BCUT2D eigenvalue weighted by Gasteiger charge is 2.49.